The molecule has 1 aliphatic heterocycles. The number of aromatic nitrogens is 2. The smallest absolute Gasteiger partial charge is 0.407 e. The average molecular weight is 327 g/mol. The van der Waals surface area contributed by atoms with E-state index in [-0.39, 0.29) is 12.1 Å². The topological polar surface area (TPSA) is 75.4 Å². The van der Waals surface area contributed by atoms with Crippen LogP contribution in [0.2, 0.25) is 0 Å². The monoisotopic (exact) mass is 327 g/mol. The molecule has 0 unspecified atom stereocenters. The number of nitrogens with zero attached hydrogens (tertiary/aromatic N) is 3. The van der Waals surface area contributed by atoms with E-state index in [0.29, 0.717) is 31.0 Å². The fourth-order valence-corrected chi connectivity index (χ4v) is 4.15. The van der Waals surface area contributed by atoms with Crippen molar-refractivity contribution >= 4 is 17.1 Å². The van der Waals surface area contributed by atoms with Gasteiger partial charge in [-0.2, -0.15) is 0 Å². The van der Waals surface area contributed by atoms with Crippen LogP contribution in [0, 0.1) is 5.92 Å². The molecule has 0 bridgehead atoms. The summed E-state index contributed by atoms with van der Waals surface area (Å²) in [5, 5.41) is 10.3. The maximum Gasteiger partial charge on any atom is 0.407 e. The first-order valence-corrected chi connectivity index (χ1v) is 8.62. The van der Waals surface area contributed by atoms with Gasteiger partial charge in [-0.3, -0.25) is 9.36 Å². The van der Waals surface area contributed by atoms with E-state index >= 15 is 0 Å². The van der Waals surface area contributed by atoms with Gasteiger partial charge in [0.25, 0.3) is 5.56 Å². The van der Waals surface area contributed by atoms with Crippen molar-refractivity contribution in [3.05, 3.63) is 39.8 Å². The first-order valence-electron chi connectivity index (χ1n) is 8.62. The van der Waals surface area contributed by atoms with Crippen molar-refractivity contribution in [3.63, 3.8) is 0 Å². The van der Waals surface area contributed by atoms with Crippen LogP contribution in [0.1, 0.15) is 36.8 Å². The number of rotatable bonds is 2. The van der Waals surface area contributed by atoms with Gasteiger partial charge in [0.2, 0.25) is 0 Å². The van der Waals surface area contributed by atoms with Crippen LogP contribution in [0.25, 0.3) is 11.0 Å². The SMILES string of the molecule is O=C(O)N1CCc2c(c(=O)n(CC3CCCC3)c3ncccc23)C1. The van der Waals surface area contributed by atoms with Crippen LogP contribution in [-0.2, 0) is 19.5 Å². The van der Waals surface area contributed by atoms with Crippen molar-refractivity contribution in [2.75, 3.05) is 6.54 Å². The maximum atomic E-state index is 13.1. The van der Waals surface area contributed by atoms with Gasteiger partial charge in [-0.05, 0) is 42.9 Å². The fraction of sp³-hybridized carbons (Fsp3) is 0.500. The number of hydrogen-bond donors (Lipinski definition) is 1. The summed E-state index contributed by atoms with van der Waals surface area (Å²) in [7, 11) is 0. The summed E-state index contributed by atoms with van der Waals surface area (Å²) in [6.07, 6.45) is 6.09. The number of carbonyl (C=O) groups is 1. The molecule has 0 atom stereocenters. The van der Waals surface area contributed by atoms with Crippen molar-refractivity contribution in [3.8, 4) is 0 Å². The molecule has 1 fully saturated rings. The third-order valence-electron chi connectivity index (χ3n) is 5.40. The first kappa shape index (κ1) is 15.2. The molecule has 4 rings (SSSR count). The van der Waals surface area contributed by atoms with Gasteiger partial charge >= 0.3 is 6.09 Å². The van der Waals surface area contributed by atoms with Crippen molar-refractivity contribution in [2.24, 2.45) is 5.92 Å². The molecule has 3 heterocycles. The molecule has 0 radical (unpaired) electrons. The molecule has 24 heavy (non-hydrogen) atoms. The second-order valence-electron chi connectivity index (χ2n) is 6.85. The molecular weight excluding hydrogens is 306 g/mol. The normalized spacial score (nSPS) is 18.1. The van der Waals surface area contributed by atoms with Crippen molar-refractivity contribution in [1.29, 1.82) is 0 Å². The van der Waals surface area contributed by atoms with Gasteiger partial charge in [0.15, 0.2) is 0 Å². The molecule has 1 amide bonds. The Kier molecular flexibility index (Phi) is 3.75. The van der Waals surface area contributed by atoms with E-state index in [1.807, 2.05) is 12.1 Å². The predicted molar refractivity (Wildman–Crippen MR) is 90.1 cm³/mol. The zero-order valence-electron chi connectivity index (χ0n) is 13.6. The average Bonchev–Trinajstić information content (AvgIpc) is 3.11. The molecule has 0 spiro atoms. The molecule has 2 aromatic heterocycles. The molecular formula is C18H21N3O3. The van der Waals surface area contributed by atoms with E-state index in [4.69, 9.17) is 0 Å². The van der Waals surface area contributed by atoms with Gasteiger partial charge in [0.1, 0.15) is 5.65 Å². The van der Waals surface area contributed by atoms with Crippen LogP contribution in [-0.4, -0.2) is 32.2 Å². The number of hydrogen-bond acceptors (Lipinski definition) is 3. The van der Waals surface area contributed by atoms with Crippen molar-refractivity contribution in [1.82, 2.24) is 14.5 Å². The van der Waals surface area contributed by atoms with E-state index in [1.54, 1.807) is 10.8 Å². The highest BCUT2D eigenvalue weighted by Gasteiger charge is 2.27. The molecule has 6 nitrogen and oxygen atoms in total. The molecule has 1 saturated carbocycles. The number of carboxylic acid groups (broad SMARTS) is 1. The quantitative estimate of drug-likeness (QED) is 0.920. The zero-order chi connectivity index (χ0) is 16.7. The second-order valence-corrected chi connectivity index (χ2v) is 6.85. The Morgan fingerprint density at radius 2 is 2.08 bits per heavy atom. The minimum Gasteiger partial charge on any atom is -0.465 e. The lowest BCUT2D eigenvalue weighted by Crippen LogP contribution is -2.40. The largest absolute Gasteiger partial charge is 0.465 e. The van der Waals surface area contributed by atoms with E-state index in [1.165, 1.54) is 17.7 Å². The molecule has 1 N–H and O–H groups in total. The van der Waals surface area contributed by atoms with Gasteiger partial charge in [0.05, 0.1) is 6.54 Å². The lowest BCUT2D eigenvalue weighted by molar-refractivity contribution is 0.139. The third-order valence-corrected chi connectivity index (χ3v) is 5.40. The summed E-state index contributed by atoms with van der Waals surface area (Å²) >= 11 is 0. The highest BCUT2D eigenvalue weighted by Crippen LogP contribution is 2.28. The van der Waals surface area contributed by atoms with Crippen LogP contribution < -0.4 is 5.56 Å². The van der Waals surface area contributed by atoms with Gasteiger partial charge in [-0.25, -0.2) is 9.78 Å². The molecule has 2 aromatic rings. The standard InChI is InChI=1S/C18H21N3O3/c22-17-15-11-20(18(23)24)9-7-13(15)14-6-3-8-19-16(14)21(17)10-12-4-1-2-5-12/h3,6,8,12H,1-2,4-5,7,9-11H2,(H,23,24). The molecule has 2 aliphatic rings. The van der Waals surface area contributed by atoms with E-state index in [0.717, 1.165) is 29.4 Å². The highest BCUT2D eigenvalue weighted by molar-refractivity contribution is 5.81. The zero-order valence-corrected chi connectivity index (χ0v) is 13.6. The Morgan fingerprint density at radius 3 is 2.83 bits per heavy atom. The number of pyridine rings is 2. The molecule has 126 valence electrons. The minimum atomic E-state index is -0.964. The van der Waals surface area contributed by atoms with Gasteiger partial charge < -0.3 is 10.0 Å². The van der Waals surface area contributed by atoms with Crippen molar-refractivity contribution in [2.45, 2.75) is 45.2 Å². The van der Waals surface area contributed by atoms with Crippen LogP contribution in [0.4, 0.5) is 4.79 Å². The lowest BCUT2D eigenvalue weighted by atomic mass is 9.97. The van der Waals surface area contributed by atoms with Crippen LogP contribution in [0.15, 0.2) is 23.1 Å². The Balaban J connectivity index is 1.87. The Bertz CT molecular complexity index is 852. The summed E-state index contributed by atoms with van der Waals surface area (Å²) in [5.41, 5.74) is 2.29. The summed E-state index contributed by atoms with van der Waals surface area (Å²) in [6.45, 7) is 1.30. The molecule has 1 aliphatic carbocycles. The first-order chi connectivity index (χ1) is 11.6. The second kappa shape index (κ2) is 5.92. The summed E-state index contributed by atoms with van der Waals surface area (Å²) < 4.78 is 1.79. The lowest BCUT2D eigenvalue weighted by Gasteiger charge is -2.28. The Labute approximate surface area is 139 Å². The van der Waals surface area contributed by atoms with Crippen LogP contribution in [0.5, 0.6) is 0 Å². The van der Waals surface area contributed by atoms with Gasteiger partial charge in [-0.15, -0.1) is 0 Å². The van der Waals surface area contributed by atoms with E-state index in [9.17, 15) is 14.7 Å². The van der Waals surface area contributed by atoms with Crippen molar-refractivity contribution < 1.29 is 9.90 Å². The predicted octanol–water partition coefficient (Wildman–Crippen LogP) is 2.62. The van der Waals surface area contributed by atoms with Gasteiger partial charge in [-0.1, -0.05) is 12.8 Å². The minimum absolute atomic E-state index is 0.0611. The molecule has 0 aromatic carbocycles. The number of amides is 1. The fourth-order valence-electron chi connectivity index (χ4n) is 4.15. The number of fused-ring (bicyclic) bond motifs is 3. The molecule has 0 saturated heterocycles. The summed E-state index contributed by atoms with van der Waals surface area (Å²) in [6, 6.07) is 3.89. The van der Waals surface area contributed by atoms with Crippen LogP contribution in [0.3, 0.4) is 0 Å². The third kappa shape index (κ3) is 2.46. The van der Waals surface area contributed by atoms with E-state index < -0.39 is 6.09 Å². The summed E-state index contributed by atoms with van der Waals surface area (Å²) in [4.78, 5) is 30.2. The Hall–Kier alpha value is -2.37. The van der Waals surface area contributed by atoms with Gasteiger partial charge in [0, 0.05) is 30.2 Å². The highest BCUT2D eigenvalue weighted by atomic mass is 16.4. The van der Waals surface area contributed by atoms with E-state index in [2.05, 4.69) is 4.98 Å². The summed E-state index contributed by atoms with van der Waals surface area (Å²) in [5.74, 6) is 0.519. The molecule has 6 heteroatoms. The maximum absolute atomic E-state index is 13.1. The Morgan fingerprint density at radius 1 is 1.29 bits per heavy atom. The van der Waals surface area contributed by atoms with Crippen LogP contribution >= 0.6 is 0 Å².